The number of hydrogen-bond donors (Lipinski definition) is 0. The lowest BCUT2D eigenvalue weighted by molar-refractivity contribution is -0.384. The SMILES string of the molecule is CC(C)=C1Oc2c(ccc(OCc3ccc([N+](=O)[O-])cc3)c2C)C1=O. The number of carbonyl (C=O) groups excluding carboxylic acids is 1. The van der Waals surface area contributed by atoms with Crippen molar-refractivity contribution in [1.29, 1.82) is 0 Å². The van der Waals surface area contributed by atoms with Gasteiger partial charge in [-0.25, -0.2) is 0 Å². The van der Waals surface area contributed by atoms with E-state index in [0.29, 0.717) is 22.8 Å². The van der Waals surface area contributed by atoms with Crippen LogP contribution in [0, 0.1) is 17.0 Å². The van der Waals surface area contributed by atoms with Crippen molar-refractivity contribution < 1.29 is 19.2 Å². The van der Waals surface area contributed by atoms with E-state index in [-0.39, 0.29) is 18.1 Å². The quantitative estimate of drug-likeness (QED) is 0.470. The average molecular weight is 339 g/mol. The van der Waals surface area contributed by atoms with Gasteiger partial charge in [0.15, 0.2) is 5.76 Å². The Morgan fingerprint density at radius 1 is 1.16 bits per heavy atom. The summed E-state index contributed by atoms with van der Waals surface area (Å²) in [6, 6.07) is 9.64. The Kier molecular flexibility index (Phi) is 4.27. The lowest BCUT2D eigenvalue weighted by Gasteiger charge is -2.11. The number of nitrogens with zero attached hydrogens (tertiary/aromatic N) is 1. The lowest BCUT2D eigenvalue weighted by atomic mass is 10.1. The maximum absolute atomic E-state index is 12.3. The van der Waals surface area contributed by atoms with Gasteiger partial charge in [-0.3, -0.25) is 14.9 Å². The molecule has 0 radical (unpaired) electrons. The molecule has 2 aromatic carbocycles. The van der Waals surface area contributed by atoms with Gasteiger partial charge in [0.25, 0.3) is 5.69 Å². The Morgan fingerprint density at radius 2 is 1.84 bits per heavy atom. The summed E-state index contributed by atoms with van der Waals surface area (Å²) in [5.74, 6) is 1.40. The van der Waals surface area contributed by atoms with Crippen LogP contribution in [0.25, 0.3) is 0 Å². The molecule has 1 aliphatic rings. The molecule has 0 N–H and O–H groups in total. The molecule has 0 atom stereocenters. The molecule has 0 saturated carbocycles. The number of allylic oxidation sites excluding steroid dienone is 2. The van der Waals surface area contributed by atoms with Crippen molar-refractivity contribution in [2.45, 2.75) is 27.4 Å². The van der Waals surface area contributed by atoms with E-state index in [0.717, 1.165) is 16.7 Å². The zero-order valence-corrected chi connectivity index (χ0v) is 14.2. The summed E-state index contributed by atoms with van der Waals surface area (Å²) in [5.41, 5.74) is 2.97. The molecule has 0 spiro atoms. The second kappa shape index (κ2) is 6.39. The first kappa shape index (κ1) is 16.7. The van der Waals surface area contributed by atoms with E-state index < -0.39 is 4.92 Å². The molecule has 0 saturated heterocycles. The van der Waals surface area contributed by atoms with Crippen molar-refractivity contribution in [2.24, 2.45) is 0 Å². The zero-order chi connectivity index (χ0) is 18.1. The third kappa shape index (κ3) is 3.10. The van der Waals surface area contributed by atoms with E-state index in [2.05, 4.69) is 0 Å². The van der Waals surface area contributed by atoms with E-state index in [1.54, 1.807) is 24.3 Å². The topological polar surface area (TPSA) is 78.7 Å². The number of Topliss-reactive ketones (excluding diaryl/α,β-unsaturated/α-hetero) is 1. The predicted octanol–water partition coefficient (Wildman–Crippen LogP) is 4.35. The Labute approximate surface area is 144 Å². The third-order valence-corrected chi connectivity index (χ3v) is 4.01. The van der Waals surface area contributed by atoms with Gasteiger partial charge in [0.2, 0.25) is 5.78 Å². The van der Waals surface area contributed by atoms with E-state index in [4.69, 9.17) is 9.47 Å². The van der Waals surface area contributed by atoms with E-state index >= 15 is 0 Å². The molecule has 1 aliphatic heterocycles. The minimum Gasteiger partial charge on any atom is -0.488 e. The van der Waals surface area contributed by atoms with Crippen LogP contribution in [0.1, 0.15) is 35.3 Å². The first-order valence-corrected chi connectivity index (χ1v) is 7.78. The summed E-state index contributed by atoms with van der Waals surface area (Å²) >= 11 is 0. The first-order chi connectivity index (χ1) is 11.9. The minimum absolute atomic E-state index is 0.0404. The summed E-state index contributed by atoms with van der Waals surface area (Å²) in [4.78, 5) is 22.5. The van der Waals surface area contributed by atoms with E-state index in [1.165, 1.54) is 12.1 Å². The number of ketones is 1. The van der Waals surface area contributed by atoms with Gasteiger partial charge in [-0.2, -0.15) is 0 Å². The molecule has 0 aromatic heterocycles. The third-order valence-electron chi connectivity index (χ3n) is 4.01. The predicted molar refractivity (Wildman–Crippen MR) is 91.9 cm³/mol. The number of nitro groups is 1. The van der Waals surface area contributed by atoms with E-state index in [1.807, 2.05) is 20.8 Å². The highest BCUT2D eigenvalue weighted by atomic mass is 16.6. The number of benzene rings is 2. The summed E-state index contributed by atoms with van der Waals surface area (Å²) in [5, 5.41) is 10.7. The number of rotatable bonds is 4. The number of hydrogen-bond acceptors (Lipinski definition) is 5. The maximum Gasteiger partial charge on any atom is 0.269 e. The first-order valence-electron chi connectivity index (χ1n) is 7.78. The molecular weight excluding hydrogens is 322 g/mol. The van der Waals surface area contributed by atoms with Gasteiger partial charge in [-0.05, 0) is 56.2 Å². The van der Waals surface area contributed by atoms with Crippen LogP contribution in [0.3, 0.4) is 0 Å². The van der Waals surface area contributed by atoms with Crippen LogP contribution in [0.2, 0.25) is 0 Å². The fourth-order valence-corrected chi connectivity index (χ4v) is 2.62. The van der Waals surface area contributed by atoms with Crippen LogP contribution in [-0.4, -0.2) is 10.7 Å². The van der Waals surface area contributed by atoms with Gasteiger partial charge < -0.3 is 9.47 Å². The molecule has 25 heavy (non-hydrogen) atoms. The summed E-state index contributed by atoms with van der Waals surface area (Å²) in [6.45, 7) is 5.77. The fourth-order valence-electron chi connectivity index (χ4n) is 2.62. The smallest absolute Gasteiger partial charge is 0.269 e. The Morgan fingerprint density at radius 3 is 2.44 bits per heavy atom. The van der Waals surface area contributed by atoms with Crippen LogP contribution in [0.15, 0.2) is 47.7 Å². The second-order valence-electron chi connectivity index (χ2n) is 6.04. The number of fused-ring (bicyclic) bond motifs is 1. The maximum atomic E-state index is 12.3. The number of carbonyl (C=O) groups is 1. The minimum atomic E-state index is -0.440. The van der Waals surface area contributed by atoms with Crippen molar-refractivity contribution in [3.8, 4) is 11.5 Å². The second-order valence-corrected chi connectivity index (χ2v) is 6.04. The highest BCUT2D eigenvalue weighted by molar-refractivity contribution is 6.13. The Balaban J connectivity index is 1.79. The molecule has 2 aromatic rings. The van der Waals surface area contributed by atoms with Gasteiger partial charge in [0, 0.05) is 17.7 Å². The van der Waals surface area contributed by atoms with Gasteiger partial charge >= 0.3 is 0 Å². The van der Waals surface area contributed by atoms with Gasteiger partial charge in [-0.1, -0.05) is 0 Å². The van der Waals surface area contributed by atoms with Crippen LogP contribution >= 0.6 is 0 Å². The summed E-state index contributed by atoms with van der Waals surface area (Å²) in [7, 11) is 0. The number of nitro benzene ring substituents is 1. The molecule has 6 nitrogen and oxygen atoms in total. The van der Waals surface area contributed by atoms with Gasteiger partial charge in [0.1, 0.15) is 18.1 Å². The molecule has 6 heteroatoms. The number of non-ortho nitro benzene ring substituents is 1. The van der Waals surface area contributed by atoms with Crippen LogP contribution < -0.4 is 9.47 Å². The molecule has 1 heterocycles. The Hall–Kier alpha value is -3.15. The number of ether oxygens (including phenoxy) is 2. The fraction of sp³-hybridized carbons (Fsp3) is 0.211. The molecule has 0 amide bonds. The normalized spacial score (nSPS) is 12.6. The monoisotopic (exact) mass is 339 g/mol. The standard InChI is InChI=1S/C19H17NO5/c1-11(2)18-17(21)15-8-9-16(12(3)19(15)25-18)24-10-13-4-6-14(7-5-13)20(22)23/h4-9H,10H2,1-3H3. The molecule has 0 unspecified atom stereocenters. The highest BCUT2D eigenvalue weighted by Gasteiger charge is 2.30. The lowest BCUT2D eigenvalue weighted by Crippen LogP contribution is -2.00. The molecular formula is C19H17NO5. The van der Waals surface area contributed by atoms with Gasteiger partial charge in [0.05, 0.1) is 10.5 Å². The highest BCUT2D eigenvalue weighted by Crippen LogP contribution is 2.39. The van der Waals surface area contributed by atoms with Crippen LogP contribution in [0.4, 0.5) is 5.69 Å². The van der Waals surface area contributed by atoms with Crippen LogP contribution in [-0.2, 0) is 6.61 Å². The summed E-state index contributed by atoms with van der Waals surface area (Å²) < 4.78 is 11.5. The van der Waals surface area contributed by atoms with Crippen molar-refractivity contribution in [2.75, 3.05) is 0 Å². The average Bonchev–Trinajstić information content (AvgIpc) is 2.93. The van der Waals surface area contributed by atoms with E-state index in [9.17, 15) is 14.9 Å². The molecule has 0 aliphatic carbocycles. The van der Waals surface area contributed by atoms with Crippen molar-refractivity contribution >= 4 is 11.5 Å². The molecule has 3 rings (SSSR count). The Bertz CT molecular complexity index is 893. The van der Waals surface area contributed by atoms with Gasteiger partial charge in [-0.15, -0.1) is 0 Å². The largest absolute Gasteiger partial charge is 0.488 e. The van der Waals surface area contributed by atoms with Crippen molar-refractivity contribution in [3.05, 3.63) is 74.5 Å². The zero-order valence-electron chi connectivity index (χ0n) is 14.2. The molecule has 128 valence electrons. The van der Waals surface area contributed by atoms with Crippen molar-refractivity contribution in [3.63, 3.8) is 0 Å². The van der Waals surface area contributed by atoms with Crippen LogP contribution in [0.5, 0.6) is 11.5 Å². The molecule has 0 fully saturated rings. The molecule has 0 bridgehead atoms. The summed E-state index contributed by atoms with van der Waals surface area (Å²) in [6.07, 6.45) is 0. The van der Waals surface area contributed by atoms with Crippen molar-refractivity contribution in [1.82, 2.24) is 0 Å².